The lowest BCUT2D eigenvalue weighted by Gasteiger charge is -2.25. The second kappa shape index (κ2) is 6.12. The zero-order valence-corrected chi connectivity index (χ0v) is 13.8. The van der Waals surface area contributed by atoms with Crippen molar-refractivity contribution in [1.82, 2.24) is 9.88 Å². The zero-order chi connectivity index (χ0) is 17.4. The second-order valence-electron chi connectivity index (χ2n) is 6.28. The van der Waals surface area contributed by atoms with Gasteiger partial charge in [-0.25, -0.2) is 4.79 Å². The molecule has 6 nitrogen and oxygen atoms in total. The molecular weight excluding hydrogens is 320 g/mol. The highest BCUT2D eigenvalue weighted by molar-refractivity contribution is 6.04. The molecular formula is C19H18N2O4. The van der Waals surface area contributed by atoms with Gasteiger partial charge in [0.25, 0.3) is 5.91 Å². The number of rotatable bonds is 3. The Hall–Kier alpha value is -3.02. The minimum Gasteiger partial charge on any atom is -0.493 e. The number of hydrogen-bond acceptors (Lipinski definition) is 4. The number of amides is 1. The number of ether oxygens (including phenoxy) is 1. The van der Waals surface area contributed by atoms with Crippen LogP contribution >= 0.6 is 0 Å². The van der Waals surface area contributed by atoms with E-state index in [1.165, 1.54) is 4.57 Å². The van der Waals surface area contributed by atoms with E-state index in [0.29, 0.717) is 29.8 Å². The van der Waals surface area contributed by atoms with Gasteiger partial charge in [0.05, 0.1) is 17.7 Å². The molecule has 0 bridgehead atoms. The topological polar surface area (TPSA) is 73.5 Å². The van der Waals surface area contributed by atoms with Gasteiger partial charge in [-0.15, -0.1) is 0 Å². The van der Waals surface area contributed by atoms with Gasteiger partial charge in [-0.3, -0.25) is 9.36 Å². The Morgan fingerprint density at radius 3 is 2.96 bits per heavy atom. The fourth-order valence-corrected chi connectivity index (χ4v) is 3.18. The largest absolute Gasteiger partial charge is 0.493 e. The molecule has 0 spiro atoms. The van der Waals surface area contributed by atoms with Crippen LogP contribution in [0, 0.1) is 5.92 Å². The molecule has 2 heterocycles. The van der Waals surface area contributed by atoms with Crippen molar-refractivity contribution in [2.75, 3.05) is 13.2 Å². The van der Waals surface area contributed by atoms with Crippen LogP contribution in [0.15, 0.2) is 51.7 Å². The average molecular weight is 338 g/mol. The van der Waals surface area contributed by atoms with Crippen molar-refractivity contribution >= 4 is 17.0 Å². The number of carbonyl (C=O) groups is 1. The first-order valence-electron chi connectivity index (χ1n) is 8.21. The fraction of sp³-hybridized carbons (Fsp3) is 0.263. The van der Waals surface area contributed by atoms with Crippen LogP contribution in [0.3, 0.4) is 0 Å². The van der Waals surface area contributed by atoms with Crippen molar-refractivity contribution in [3.05, 3.63) is 64.1 Å². The Morgan fingerprint density at radius 2 is 2.08 bits per heavy atom. The summed E-state index contributed by atoms with van der Waals surface area (Å²) in [6.07, 6.45) is 0.862. The van der Waals surface area contributed by atoms with Gasteiger partial charge in [-0.05, 0) is 30.2 Å². The molecule has 1 amide bonds. The molecule has 25 heavy (non-hydrogen) atoms. The number of nitrogens with zero attached hydrogens (tertiary/aromatic N) is 1. The third-order valence-corrected chi connectivity index (χ3v) is 4.57. The van der Waals surface area contributed by atoms with E-state index in [0.717, 1.165) is 17.7 Å². The van der Waals surface area contributed by atoms with E-state index < -0.39 is 5.76 Å². The molecule has 3 aromatic rings. The van der Waals surface area contributed by atoms with Crippen LogP contribution < -0.4 is 15.8 Å². The van der Waals surface area contributed by atoms with E-state index in [1.807, 2.05) is 24.3 Å². The SMILES string of the molecule is Cn1c(=O)oc2c(C(=O)NC[C@H]3COc4ccccc4C3)cccc21. The van der Waals surface area contributed by atoms with Crippen molar-refractivity contribution < 1.29 is 13.9 Å². The lowest BCUT2D eigenvalue weighted by Crippen LogP contribution is -2.34. The van der Waals surface area contributed by atoms with Crippen LogP contribution in [-0.2, 0) is 13.5 Å². The lowest BCUT2D eigenvalue weighted by molar-refractivity contribution is 0.0939. The Bertz CT molecular complexity index is 1000. The van der Waals surface area contributed by atoms with Crippen LogP contribution in [-0.4, -0.2) is 23.6 Å². The molecule has 1 aromatic heterocycles. The Morgan fingerprint density at radius 1 is 1.24 bits per heavy atom. The van der Waals surface area contributed by atoms with Gasteiger partial charge < -0.3 is 14.5 Å². The van der Waals surface area contributed by atoms with Gasteiger partial charge in [0, 0.05) is 19.5 Å². The van der Waals surface area contributed by atoms with Crippen molar-refractivity contribution in [1.29, 1.82) is 0 Å². The van der Waals surface area contributed by atoms with Crippen molar-refractivity contribution in [3.63, 3.8) is 0 Å². The first-order valence-corrected chi connectivity index (χ1v) is 8.21. The normalized spacial score (nSPS) is 16.3. The van der Waals surface area contributed by atoms with Crippen molar-refractivity contribution in [2.45, 2.75) is 6.42 Å². The summed E-state index contributed by atoms with van der Waals surface area (Å²) >= 11 is 0. The standard InChI is InChI=1S/C19H18N2O4/c1-21-15-7-4-6-14(17(15)25-19(21)23)18(22)20-10-12-9-13-5-2-3-8-16(13)24-11-12/h2-8,12H,9-11H2,1H3,(H,20,22)/t12-/m0/s1. The van der Waals surface area contributed by atoms with Crippen molar-refractivity contribution in [2.24, 2.45) is 13.0 Å². The number of oxazole rings is 1. The van der Waals surface area contributed by atoms with Gasteiger partial charge >= 0.3 is 5.76 Å². The van der Waals surface area contributed by atoms with E-state index in [2.05, 4.69) is 5.32 Å². The highest BCUT2D eigenvalue weighted by atomic mass is 16.5. The molecule has 1 aliphatic heterocycles. The molecule has 0 saturated heterocycles. The predicted octanol–water partition coefficient (Wildman–Crippen LogP) is 2.11. The van der Waals surface area contributed by atoms with Crippen molar-refractivity contribution in [3.8, 4) is 5.75 Å². The van der Waals surface area contributed by atoms with E-state index in [-0.39, 0.29) is 11.8 Å². The van der Waals surface area contributed by atoms with Crippen LogP contribution in [0.1, 0.15) is 15.9 Å². The number of aryl methyl sites for hydroxylation is 1. The fourth-order valence-electron chi connectivity index (χ4n) is 3.18. The van der Waals surface area contributed by atoms with Gasteiger partial charge in [0.2, 0.25) is 0 Å². The minimum absolute atomic E-state index is 0.209. The number of carbonyl (C=O) groups excluding carboxylic acids is 1. The number of benzene rings is 2. The predicted molar refractivity (Wildman–Crippen MR) is 92.9 cm³/mol. The maximum absolute atomic E-state index is 12.5. The van der Waals surface area contributed by atoms with Crippen LogP contribution in [0.4, 0.5) is 0 Å². The molecule has 6 heteroatoms. The average Bonchev–Trinajstić information content (AvgIpc) is 2.94. The molecule has 1 aliphatic rings. The third kappa shape index (κ3) is 2.80. The zero-order valence-electron chi connectivity index (χ0n) is 13.8. The molecule has 0 saturated carbocycles. The Balaban J connectivity index is 1.49. The summed E-state index contributed by atoms with van der Waals surface area (Å²) in [4.78, 5) is 24.2. The molecule has 4 rings (SSSR count). The first-order chi connectivity index (χ1) is 12.1. The molecule has 0 aliphatic carbocycles. The highest BCUT2D eigenvalue weighted by Gasteiger charge is 2.21. The van der Waals surface area contributed by atoms with Crippen LogP contribution in [0.5, 0.6) is 5.75 Å². The first kappa shape index (κ1) is 15.5. The van der Waals surface area contributed by atoms with E-state index in [9.17, 15) is 9.59 Å². The maximum Gasteiger partial charge on any atom is 0.419 e. The second-order valence-corrected chi connectivity index (χ2v) is 6.28. The summed E-state index contributed by atoms with van der Waals surface area (Å²) in [6.45, 7) is 1.07. The van der Waals surface area contributed by atoms with E-state index in [1.54, 1.807) is 25.2 Å². The summed E-state index contributed by atoms with van der Waals surface area (Å²) in [5, 5.41) is 2.93. The Kier molecular flexibility index (Phi) is 3.80. The summed E-state index contributed by atoms with van der Waals surface area (Å²) in [6, 6.07) is 13.1. The molecule has 128 valence electrons. The summed E-state index contributed by atoms with van der Waals surface area (Å²) < 4.78 is 12.3. The molecule has 0 unspecified atom stereocenters. The summed E-state index contributed by atoms with van der Waals surface area (Å²) in [7, 11) is 1.62. The number of fused-ring (bicyclic) bond motifs is 2. The summed E-state index contributed by atoms with van der Waals surface area (Å²) in [5.41, 5.74) is 2.45. The number of para-hydroxylation sites is 2. The van der Waals surface area contributed by atoms with Crippen LogP contribution in [0.2, 0.25) is 0 Å². The van der Waals surface area contributed by atoms with Gasteiger partial charge in [0.15, 0.2) is 5.58 Å². The number of hydrogen-bond donors (Lipinski definition) is 1. The minimum atomic E-state index is -0.479. The highest BCUT2D eigenvalue weighted by Crippen LogP contribution is 2.26. The molecule has 2 aromatic carbocycles. The van der Waals surface area contributed by atoms with E-state index >= 15 is 0 Å². The lowest BCUT2D eigenvalue weighted by atomic mass is 9.96. The summed E-state index contributed by atoms with van der Waals surface area (Å²) in [5.74, 6) is 0.396. The van der Waals surface area contributed by atoms with Gasteiger partial charge in [-0.1, -0.05) is 24.3 Å². The van der Waals surface area contributed by atoms with Gasteiger partial charge in [-0.2, -0.15) is 0 Å². The third-order valence-electron chi connectivity index (χ3n) is 4.57. The quantitative estimate of drug-likeness (QED) is 0.794. The monoisotopic (exact) mass is 338 g/mol. The number of aromatic nitrogens is 1. The molecule has 1 atom stereocenters. The van der Waals surface area contributed by atoms with E-state index in [4.69, 9.17) is 9.15 Å². The Labute approximate surface area is 144 Å². The van der Waals surface area contributed by atoms with Gasteiger partial charge in [0.1, 0.15) is 5.75 Å². The smallest absolute Gasteiger partial charge is 0.419 e. The molecule has 0 radical (unpaired) electrons. The molecule has 1 N–H and O–H groups in total. The molecule has 0 fully saturated rings. The van der Waals surface area contributed by atoms with Crippen LogP contribution in [0.25, 0.3) is 11.1 Å². The number of nitrogens with one attached hydrogen (secondary N) is 1. The maximum atomic E-state index is 12.5.